The second-order valence-corrected chi connectivity index (χ2v) is 31.6. The van der Waals surface area contributed by atoms with Crippen molar-refractivity contribution in [2.75, 3.05) is 0 Å². The van der Waals surface area contributed by atoms with Gasteiger partial charge in [0.2, 0.25) is 0 Å². The van der Waals surface area contributed by atoms with Gasteiger partial charge in [-0.05, 0) is 165 Å². The smallest absolute Gasteiger partial charge is 0.160 e. The minimum atomic E-state index is 0.277. The van der Waals surface area contributed by atoms with Crippen molar-refractivity contribution >= 4 is 65.4 Å². The van der Waals surface area contributed by atoms with Crippen molar-refractivity contribution in [2.45, 2.75) is 26.7 Å². The molecule has 8 aromatic heterocycles. The summed E-state index contributed by atoms with van der Waals surface area (Å²) in [4.78, 5) is 50.6. The van der Waals surface area contributed by atoms with E-state index in [9.17, 15) is 0 Å². The first-order valence-electron chi connectivity index (χ1n) is 41.9. The predicted molar refractivity (Wildman–Crippen MR) is 511 cm³/mol. The molecule has 0 unspecified atom stereocenters. The van der Waals surface area contributed by atoms with Gasteiger partial charge in [0.25, 0.3) is 0 Å². The topological polar surface area (TPSA) is 129 Å². The average Bonchev–Trinajstić information content (AvgIpc) is 0.758. The molecule has 8 heterocycles. The second-order valence-electron chi connectivity index (χ2n) is 31.6. The molecule has 10 heteroatoms. The minimum Gasteiger partial charge on any atom is -0.256 e. The molecule has 0 bridgehead atoms. The van der Waals surface area contributed by atoms with Crippen LogP contribution in [0.25, 0.3) is 222 Å². The van der Waals surface area contributed by atoms with Crippen LogP contribution in [0.4, 0.5) is 0 Å². The number of aromatic nitrogens is 10. The van der Waals surface area contributed by atoms with Crippen LogP contribution in [0, 0.1) is 6.92 Å². The fraction of sp³-hybridized carbons (Fsp3) is 0.0351. The predicted octanol–water partition coefficient (Wildman–Crippen LogP) is 29.0. The molecule has 0 radical (unpaired) electrons. The molecule has 0 saturated heterocycles. The number of nitrogens with zero attached hydrogens (tertiary/aromatic N) is 10. The summed E-state index contributed by atoms with van der Waals surface area (Å²) in [5.41, 5.74) is 34.6. The SMILES string of the molecule is CC(C)c1cc(-c2ccccc2)c2ccc3ccc(-c4ccc(-c5cccc(-c6nc(-c7ccccc7)cc(-c7cccc(-c8ccnc9ccccc89)c7)n6)c5)cc4)nc3c2n1.Cc1cc(-c2ccccc2)c2ccc3ccc(-c4ccc(-c5cccc(-c6cc(-c7cccc(-c8ccnc9ccccc89)c7)nc(-c7ccccc7)n6)c5)cc4)nc3c2n1. The number of hydrogen-bond acceptors (Lipinski definition) is 10. The molecule has 22 aromatic rings. The van der Waals surface area contributed by atoms with Crippen molar-refractivity contribution in [3.05, 3.63) is 424 Å². The van der Waals surface area contributed by atoms with Crippen LogP contribution in [0.2, 0.25) is 0 Å². The van der Waals surface area contributed by atoms with Gasteiger partial charge < -0.3 is 0 Å². The van der Waals surface area contributed by atoms with Gasteiger partial charge in [0.05, 0.1) is 67.3 Å². The fourth-order valence-electron chi connectivity index (χ4n) is 16.9. The zero-order valence-electron chi connectivity index (χ0n) is 68.3. The van der Waals surface area contributed by atoms with E-state index < -0.39 is 0 Å². The van der Waals surface area contributed by atoms with Crippen molar-refractivity contribution in [1.82, 2.24) is 49.8 Å². The largest absolute Gasteiger partial charge is 0.256 e. The molecule has 0 aliphatic heterocycles. The highest BCUT2D eigenvalue weighted by Crippen LogP contribution is 2.42. The number of para-hydroxylation sites is 2. The Morgan fingerprint density at radius 1 is 0.194 bits per heavy atom. The first-order chi connectivity index (χ1) is 61.1. The lowest BCUT2D eigenvalue weighted by Gasteiger charge is -2.14. The summed E-state index contributed by atoms with van der Waals surface area (Å²) in [5.74, 6) is 1.63. The summed E-state index contributed by atoms with van der Waals surface area (Å²) in [7, 11) is 0. The quantitative estimate of drug-likeness (QED) is 0.0915. The first kappa shape index (κ1) is 75.2. The van der Waals surface area contributed by atoms with E-state index in [-0.39, 0.29) is 5.92 Å². The van der Waals surface area contributed by atoms with E-state index >= 15 is 0 Å². The Labute approximate surface area is 718 Å². The number of pyridine rings is 6. The summed E-state index contributed by atoms with van der Waals surface area (Å²) < 4.78 is 0. The summed E-state index contributed by atoms with van der Waals surface area (Å²) in [6.45, 7) is 6.45. The van der Waals surface area contributed by atoms with E-state index in [1.54, 1.807) is 0 Å². The molecule has 0 aliphatic rings. The number of aryl methyl sites for hydroxylation is 1. The monoisotopic (exact) mass is 1590 g/mol. The van der Waals surface area contributed by atoms with Crippen LogP contribution in [0.1, 0.15) is 31.2 Å². The third kappa shape index (κ3) is 15.0. The highest BCUT2D eigenvalue weighted by Gasteiger charge is 2.21. The van der Waals surface area contributed by atoms with E-state index in [0.717, 1.165) is 200 Å². The molecule has 14 aromatic carbocycles. The lowest BCUT2D eigenvalue weighted by atomic mass is 9.96. The summed E-state index contributed by atoms with van der Waals surface area (Å²) >= 11 is 0. The van der Waals surface area contributed by atoms with Gasteiger partial charge in [-0.25, -0.2) is 29.9 Å². The van der Waals surface area contributed by atoms with Crippen LogP contribution >= 0.6 is 0 Å². The highest BCUT2D eigenvalue weighted by molar-refractivity contribution is 6.10. The molecule has 0 atom stereocenters. The Hall–Kier alpha value is -16.3. The Balaban J connectivity index is 0.000000152. The zero-order valence-corrected chi connectivity index (χ0v) is 68.3. The maximum atomic E-state index is 5.29. The first-order valence-corrected chi connectivity index (χ1v) is 41.9. The van der Waals surface area contributed by atoms with Crippen molar-refractivity contribution in [3.63, 3.8) is 0 Å². The Kier molecular flexibility index (Phi) is 19.9. The van der Waals surface area contributed by atoms with Crippen LogP contribution in [-0.4, -0.2) is 49.8 Å². The van der Waals surface area contributed by atoms with E-state index in [0.29, 0.717) is 11.6 Å². The number of rotatable bonds is 15. The molecule has 10 nitrogen and oxygen atoms in total. The van der Waals surface area contributed by atoms with Gasteiger partial charge in [0.15, 0.2) is 11.6 Å². The molecular formula is C114H78N10. The Bertz CT molecular complexity index is 7810. The van der Waals surface area contributed by atoms with Crippen molar-refractivity contribution < 1.29 is 0 Å². The molecule has 0 saturated carbocycles. The second kappa shape index (κ2) is 32.8. The lowest BCUT2D eigenvalue weighted by Crippen LogP contribution is -1.97. The minimum absolute atomic E-state index is 0.277. The van der Waals surface area contributed by atoms with Gasteiger partial charge in [0, 0.05) is 101 Å². The van der Waals surface area contributed by atoms with Gasteiger partial charge in [0.1, 0.15) is 0 Å². The molecule has 0 fully saturated rings. The van der Waals surface area contributed by atoms with Crippen LogP contribution in [0.3, 0.4) is 0 Å². The van der Waals surface area contributed by atoms with Crippen molar-refractivity contribution in [3.8, 4) is 157 Å². The summed E-state index contributed by atoms with van der Waals surface area (Å²) in [6.07, 6.45) is 3.76. The van der Waals surface area contributed by atoms with Crippen LogP contribution in [-0.2, 0) is 0 Å². The van der Waals surface area contributed by atoms with Crippen LogP contribution in [0.5, 0.6) is 0 Å². The lowest BCUT2D eigenvalue weighted by molar-refractivity contribution is 0.831. The molecular weight excluding hydrogens is 1510 g/mol. The standard InChI is InChI=1S/C58H41N5.C56H37N5/c1-37(2)53-35-50(39-13-5-3-6-14-39)49-29-27-42-28-30-51(60-56(42)57(49)61-53)41-25-23-38(24-26-41)43-17-11-20-46(33-43)58-62-54(40-15-7-4-8-16-40)36-55(63-58)45-19-12-18-44(34-45)47-31-32-59-52-22-10-9-21-48(47)52;1-36-32-49(38-12-4-2-5-13-38)48-28-26-40-27-29-50(59-54(40)55(48)58-36)39-24-22-37(23-25-39)42-16-10-18-44(33-42)52-35-53(61-56(60-52)41-14-6-3-7-15-41)45-19-11-17-43(34-45)46-30-31-57-51-21-9-8-20-47(46)51/h3-37H,1-2H3;2-35H,1H3. The summed E-state index contributed by atoms with van der Waals surface area (Å²) in [5, 5.41) is 6.59. The van der Waals surface area contributed by atoms with Gasteiger partial charge in [-0.1, -0.05) is 329 Å². The summed E-state index contributed by atoms with van der Waals surface area (Å²) in [6, 6.07) is 140. The maximum Gasteiger partial charge on any atom is 0.160 e. The number of hydrogen-bond donors (Lipinski definition) is 0. The van der Waals surface area contributed by atoms with E-state index in [1.165, 1.54) is 22.3 Å². The third-order valence-corrected chi connectivity index (χ3v) is 23.3. The van der Waals surface area contributed by atoms with Gasteiger partial charge in [-0.2, -0.15) is 0 Å². The van der Waals surface area contributed by atoms with Gasteiger partial charge >= 0.3 is 0 Å². The normalized spacial score (nSPS) is 11.4. The van der Waals surface area contributed by atoms with E-state index in [4.69, 9.17) is 39.9 Å². The maximum absolute atomic E-state index is 5.29. The molecule has 0 spiro atoms. The molecule has 0 N–H and O–H groups in total. The van der Waals surface area contributed by atoms with Crippen molar-refractivity contribution in [2.24, 2.45) is 0 Å². The van der Waals surface area contributed by atoms with Gasteiger partial charge in [-0.3, -0.25) is 19.9 Å². The molecule has 0 amide bonds. The molecule has 0 aliphatic carbocycles. The number of fused-ring (bicyclic) bond motifs is 8. The molecule has 124 heavy (non-hydrogen) atoms. The Morgan fingerprint density at radius 2 is 0.540 bits per heavy atom. The highest BCUT2D eigenvalue weighted by atomic mass is 14.9. The average molecular weight is 1590 g/mol. The van der Waals surface area contributed by atoms with Gasteiger partial charge in [-0.15, -0.1) is 0 Å². The fourth-order valence-corrected chi connectivity index (χ4v) is 16.9. The third-order valence-electron chi connectivity index (χ3n) is 23.3. The van der Waals surface area contributed by atoms with E-state index in [2.05, 4.69) is 377 Å². The molecule has 22 rings (SSSR count). The Morgan fingerprint density at radius 3 is 1.02 bits per heavy atom. The molecule has 584 valence electrons. The van der Waals surface area contributed by atoms with Crippen LogP contribution < -0.4 is 0 Å². The van der Waals surface area contributed by atoms with Crippen LogP contribution in [0.15, 0.2) is 413 Å². The van der Waals surface area contributed by atoms with E-state index in [1.807, 2.05) is 67.0 Å². The number of benzene rings is 14. The van der Waals surface area contributed by atoms with Crippen molar-refractivity contribution in [1.29, 1.82) is 0 Å². The zero-order chi connectivity index (χ0) is 83.0.